The number of hydrogen-bond donors (Lipinski definition) is 1. The average Bonchev–Trinajstić information content (AvgIpc) is 2.71. The Morgan fingerprint density at radius 1 is 0.893 bits per heavy atom. The Kier molecular flexibility index (Phi) is 5.08. The second-order valence-electron chi connectivity index (χ2n) is 6.08. The van der Waals surface area contributed by atoms with E-state index >= 15 is 0 Å². The molecule has 28 heavy (non-hydrogen) atoms. The molecule has 0 aliphatic heterocycles. The molecule has 3 rings (SSSR count). The van der Waals surface area contributed by atoms with Crippen LogP contribution in [0.25, 0.3) is 0 Å². The number of benzene rings is 2. The zero-order valence-electron chi connectivity index (χ0n) is 15.5. The maximum Gasteiger partial charge on any atom is 0.354 e. The van der Waals surface area contributed by atoms with E-state index in [9.17, 15) is 19.2 Å². The Hall–Kier alpha value is -3.74. The molecule has 0 aromatic heterocycles. The van der Waals surface area contributed by atoms with Crippen LogP contribution in [0, 0.1) is 6.92 Å². The van der Waals surface area contributed by atoms with Gasteiger partial charge >= 0.3 is 11.9 Å². The molecule has 1 aliphatic rings. The average molecular weight is 379 g/mol. The summed E-state index contributed by atoms with van der Waals surface area (Å²) >= 11 is 0. The van der Waals surface area contributed by atoms with E-state index < -0.39 is 11.9 Å². The Morgan fingerprint density at radius 2 is 1.54 bits per heavy atom. The predicted molar refractivity (Wildman–Crippen MR) is 100 cm³/mol. The molecule has 0 heterocycles. The van der Waals surface area contributed by atoms with Crippen molar-refractivity contribution in [3.63, 3.8) is 0 Å². The maximum absolute atomic E-state index is 13.1. The molecule has 0 atom stereocenters. The number of carbonyl (C=O) groups is 4. The first-order valence-electron chi connectivity index (χ1n) is 8.36. The van der Waals surface area contributed by atoms with Gasteiger partial charge in [0.25, 0.3) is 0 Å². The van der Waals surface area contributed by atoms with Gasteiger partial charge in [-0.2, -0.15) is 0 Å². The molecule has 142 valence electrons. The summed E-state index contributed by atoms with van der Waals surface area (Å²) in [4.78, 5) is 49.7. The van der Waals surface area contributed by atoms with Gasteiger partial charge in [0.15, 0.2) is 11.6 Å². The van der Waals surface area contributed by atoms with Gasteiger partial charge < -0.3 is 14.8 Å². The second kappa shape index (κ2) is 7.48. The summed E-state index contributed by atoms with van der Waals surface area (Å²) in [6.07, 6.45) is 0.924. The summed E-state index contributed by atoms with van der Waals surface area (Å²) in [6, 6.07) is 9.78. The highest BCUT2D eigenvalue weighted by atomic mass is 16.5. The SMILES string of the molecule is COC(=O)/C=C(/Nc1c(C)ccc2c1C(=O)c1ccccc1C2=O)C(=O)OC. The van der Waals surface area contributed by atoms with E-state index in [4.69, 9.17) is 0 Å². The number of ether oxygens (including phenoxy) is 2. The van der Waals surface area contributed by atoms with Crippen molar-refractivity contribution in [2.24, 2.45) is 0 Å². The van der Waals surface area contributed by atoms with Crippen LogP contribution >= 0.6 is 0 Å². The minimum Gasteiger partial charge on any atom is -0.466 e. The van der Waals surface area contributed by atoms with E-state index in [1.165, 1.54) is 7.11 Å². The molecule has 0 bridgehead atoms. The van der Waals surface area contributed by atoms with Crippen molar-refractivity contribution in [3.8, 4) is 0 Å². The van der Waals surface area contributed by atoms with Crippen molar-refractivity contribution in [3.05, 3.63) is 76.0 Å². The monoisotopic (exact) mass is 379 g/mol. The van der Waals surface area contributed by atoms with Crippen molar-refractivity contribution in [2.75, 3.05) is 19.5 Å². The third-order valence-corrected chi connectivity index (χ3v) is 4.43. The molecule has 7 heteroatoms. The molecule has 1 N–H and O–H groups in total. The summed E-state index contributed by atoms with van der Waals surface area (Å²) in [7, 11) is 2.33. The lowest BCUT2D eigenvalue weighted by atomic mass is 9.82. The highest BCUT2D eigenvalue weighted by Gasteiger charge is 2.32. The molecule has 0 radical (unpaired) electrons. The molecule has 0 saturated carbocycles. The molecule has 0 amide bonds. The van der Waals surface area contributed by atoms with Crippen molar-refractivity contribution in [2.45, 2.75) is 6.92 Å². The smallest absolute Gasteiger partial charge is 0.354 e. The first-order valence-corrected chi connectivity index (χ1v) is 8.36. The highest BCUT2D eigenvalue weighted by molar-refractivity contribution is 6.30. The molecule has 0 unspecified atom stereocenters. The first kappa shape index (κ1) is 19.0. The van der Waals surface area contributed by atoms with Gasteiger partial charge in [-0.05, 0) is 18.6 Å². The Morgan fingerprint density at radius 3 is 2.14 bits per heavy atom. The number of anilines is 1. The number of ketones is 2. The van der Waals surface area contributed by atoms with Crippen LogP contribution in [0.5, 0.6) is 0 Å². The zero-order chi connectivity index (χ0) is 20.4. The van der Waals surface area contributed by atoms with Crippen LogP contribution in [-0.2, 0) is 19.1 Å². The van der Waals surface area contributed by atoms with E-state index in [1.54, 1.807) is 43.3 Å². The Balaban J connectivity index is 2.17. The maximum atomic E-state index is 13.1. The number of fused-ring (bicyclic) bond motifs is 2. The molecule has 1 aliphatic carbocycles. The van der Waals surface area contributed by atoms with Gasteiger partial charge in [-0.1, -0.05) is 30.3 Å². The van der Waals surface area contributed by atoms with Gasteiger partial charge in [0.2, 0.25) is 0 Å². The molecular formula is C21H17NO6. The number of nitrogens with one attached hydrogen (secondary N) is 1. The van der Waals surface area contributed by atoms with Gasteiger partial charge in [0, 0.05) is 16.7 Å². The normalized spacial score (nSPS) is 12.8. The molecule has 0 fully saturated rings. The van der Waals surface area contributed by atoms with Crippen LogP contribution in [0.3, 0.4) is 0 Å². The quantitative estimate of drug-likeness (QED) is 0.549. The van der Waals surface area contributed by atoms with E-state index in [0.29, 0.717) is 11.1 Å². The van der Waals surface area contributed by atoms with E-state index in [0.717, 1.165) is 13.2 Å². The second-order valence-corrected chi connectivity index (χ2v) is 6.08. The topological polar surface area (TPSA) is 98.8 Å². The van der Waals surface area contributed by atoms with Crippen molar-refractivity contribution >= 4 is 29.2 Å². The van der Waals surface area contributed by atoms with E-state index in [-0.39, 0.29) is 39.6 Å². The highest BCUT2D eigenvalue weighted by Crippen LogP contribution is 2.34. The van der Waals surface area contributed by atoms with Gasteiger partial charge in [0.1, 0.15) is 5.70 Å². The third kappa shape index (κ3) is 3.18. The number of carbonyl (C=O) groups excluding carboxylic acids is 4. The number of esters is 2. The molecule has 0 spiro atoms. The Bertz CT molecular complexity index is 1050. The van der Waals surface area contributed by atoms with Gasteiger partial charge in [-0.25, -0.2) is 9.59 Å². The fourth-order valence-corrected chi connectivity index (χ4v) is 3.02. The van der Waals surface area contributed by atoms with Gasteiger partial charge in [-0.15, -0.1) is 0 Å². The summed E-state index contributed by atoms with van der Waals surface area (Å²) < 4.78 is 9.25. The fraction of sp³-hybridized carbons (Fsp3) is 0.143. The van der Waals surface area contributed by atoms with E-state index in [2.05, 4.69) is 14.8 Å². The molecule has 2 aromatic rings. The van der Waals surface area contributed by atoms with Crippen LogP contribution in [0.1, 0.15) is 37.4 Å². The minimum atomic E-state index is -0.822. The summed E-state index contributed by atoms with van der Waals surface area (Å²) in [5.74, 6) is -2.23. The standard InChI is InChI=1S/C21H17NO6/c1-11-8-9-14-17(20(25)13-7-5-4-6-12(13)19(14)24)18(11)22-15(21(26)28-3)10-16(23)27-2/h4-10,22H,1-3H3/b15-10+. The molecule has 7 nitrogen and oxygen atoms in total. The summed E-state index contributed by atoms with van der Waals surface area (Å²) in [6.45, 7) is 1.72. The van der Waals surface area contributed by atoms with Crippen LogP contribution in [0.2, 0.25) is 0 Å². The number of aryl methyl sites for hydroxylation is 1. The Labute approximate surface area is 161 Å². The fourth-order valence-electron chi connectivity index (χ4n) is 3.02. The lowest BCUT2D eigenvalue weighted by Gasteiger charge is -2.22. The van der Waals surface area contributed by atoms with Crippen molar-refractivity contribution in [1.82, 2.24) is 0 Å². The van der Waals surface area contributed by atoms with Crippen LogP contribution < -0.4 is 5.32 Å². The zero-order valence-corrected chi connectivity index (χ0v) is 15.5. The first-order chi connectivity index (χ1) is 13.4. The lowest BCUT2D eigenvalue weighted by molar-refractivity contribution is -0.138. The van der Waals surface area contributed by atoms with Crippen LogP contribution in [-0.4, -0.2) is 37.7 Å². The lowest BCUT2D eigenvalue weighted by Crippen LogP contribution is -2.24. The number of hydrogen-bond acceptors (Lipinski definition) is 7. The number of rotatable bonds is 4. The van der Waals surface area contributed by atoms with E-state index in [1.807, 2.05) is 0 Å². The third-order valence-electron chi connectivity index (χ3n) is 4.43. The van der Waals surface area contributed by atoms with Gasteiger partial charge in [0.05, 0.1) is 31.5 Å². The van der Waals surface area contributed by atoms with Gasteiger partial charge in [-0.3, -0.25) is 9.59 Å². The minimum absolute atomic E-state index is 0.142. The largest absolute Gasteiger partial charge is 0.466 e. The molecular weight excluding hydrogens is 362 g/mol. The molecule has 2 aromatic carbocycles. The molecule has 0 saturated heterocycles. The van der Waals surface area contributed by atoms with Crippen molar-refractivity contribution in [1.29, 1.82) is 0 Å². The predicted octanol–water partition coefficient (Wildman–Crippen LogP) is 2.41. The number of methoxy groups -OCH3 is 2. The van der Waals surface area contributed by atoms with Crippen molar-refractivity contribution < 1.29 is 28.7 Å². The summed E-state index contributed by atoms with van der Waals surface area (Å²) in [5, 5.41) is 2.79. The van der Waals surface area contributed by atoms with Crippen LogP contribution in [0.4, 0.5) is 5.69 Å². The van der Waals surface area contributed by atoms with Crippen LogP contribution in [0.15, 0.2) is 48.2 Å². The summed E-state index contributed by atoms with van der Waals surface area (Å²) in [5.41, 5.74) is 1.62.